The van der Waals surface area contributed by atoms with Crippen LogP contribution in [0.1, 0.15) is 18.4 Å². The van der Waals surface area contributed by atoms with Crippen LogP contribution in [0.15, 0.2) is 12.1 Å². The molecule has 1 aliphatic carbocycles. The fourth-order valence-corrected chi connectivity index (χ4v) is 2.06. The first-order valence-corrected chi connectivity index (χ1v) is 4.97. The molecule has 0 saturated heterocycles. The number of hydrogen-bond acceptors (Lipinski definition) is 1. The Hall–Kier alpha value is -1.45. The van der Waals surface area contributed by atoms with E-state index >= 15 is 0 Å². The Morgan fingerprint density at radius 1 is 1.20 bits per heavy atom. The second-order valence-electron chi connectivity index (χ2n) is 4.07. The molecule has 1 fully saturated rings. The number of carbonyl (C=O) groups is 1. The van der Waals surface area contributed by atoms with Gasteiger partial charge in [0.05, 0.1) is 12.1 Å². The van der Waals surface area contributed by atoms with Crippen molar-refractivity contribution in [1.29, 1.82) is 0 Å². The van der Waals surface area contributed by atoms with Crippen LogP contribution >= 0.6 is 0 Å². The van der Waals surface area contributed by atoms with Gasteiger partial charge < -0.3 is 4.90 Å². The first-order chi connectivity index (χ1) is 7.16. The largest absolute Gasteiger partial charge is 0.309 e. The highest BCUT2D eigenvalue weighted by Gasteiger charge is 2.39. The maximum Gasteiger partial charge on any atom is 0.231 e. The van der Waals surface area contributed by atoms with Crippen molar-refractivity contribution in [3.8, 4) is 0 Å². The lowest BCUT2D eigenvalue weighted by atomic mass is 10.1. The number of nitrogens with zero attached hydrogens (tertiary/aromatic N) is 1. The average molecular weight is 209 g/mol. The number of amides is 1. The van der Waals surface area contributed by atoms with Crippen LogP contribution < -0.4 is 4.90 Å². The zero-order chi connectivity index (χ0) is 10.6. The summed E-state index contributed by atoms with van der Waals surface area (Å²) >= 11 is 0. The highest BCUT2D eigenvalue weighted by molar-refractivity contribution is 6.02. The summed E-state index contributed by atoms with van der Waals surface area (Å²) in [5.74, 6) is -1.80. The molecule has 1 aliphatic heterocycles. The molecule has 15 heavy (non-hydrogen) atoms. The predicted octanol–water partition coefficient (Wildman–Crippen LogP) is 2.02. The molecule has 0 unspecified atom stereocenters. The Labute approximate surface area is 85.5 Å². The van der Waals surface area contributed by atoms with Gasteiger partial charge in [0.2, 0.25) is 5.91 Å². The maximum atomic E-state index is 13.0. The van der Waals surface area contributed by atoms with E-state index in [1.165, 1.54) is 0 Å². The number of anilines is 1. The summed E-state index contributed by atoms with van der Waals surface area (Å²) in [4.78, 5) is 13.2. The molecule has 0 spiro atoms. The van der Waals surface area contributed by atoms with Gasteiger partial charge in [0.15, 0.2) is 11.6 Å². The van der Waals surface area contributed by atoms with Gasteiger partial charge in [-0.05, 0) is 24.5 Å². The van der Waals surface area contributed by atoms with Gasteiger partial charge in [0.1, 0.15) is 0 Å². The summed E-state index contributed by atoms with van der Waals surface area (Å²) in [6.07, 6.45) is 2.12. The van der Waals surface area contributed by atoms with Crippen LogP contribution in [-0.4, -0.2) is 11.9 Å². The van der Waals surface area contributed by atoms with Crippen LogP contribution in [0.4, 0.5) is 14.5 Å². The summed E-state index contributed by atoms with van der Waals surface area (Å²) in [6, 6.07) is 2.47. The van der Waals surface area contributed by atoms with E-state index in [1.54, 1.807) is 4.90 Å². The van der Waals surface area contributed by atoms with E-state index in [0.29, 0.717) is 11.3 Å². The van der Waals surface area contributed by atoms with Crippen molar-refractivity contribution >= 4 is 11.6 Å². The molecule has 2 aliphatic rings. The van der Waals surface area contributed by atoms with Crippen molar-refractivity contribution < 1.29 is 13.6 Å². The summed E-state index contributed by atoms with van der Waals surface area (Å²) < 4.78 is 26.0. The molecular weight excluding hydrogens is 200 g/mol. The van der Waals surface area contributed by atoms with Crippen molar-refractivity contribution in [2.24, 2.45) is 0 Å². The minimum atomic E-state index is -0.880. The van der Waals surface area contributed by atoms with E-state index in [1.807, 2.05) is 0 Å². The molecule has 1 aromatic rings. The predicted molar refractivity (Wildman–Crippen MR) is 50.6 cm³/mol. The number of carbonyl (C=O) groups excluding carboxylic acids is 1. The maximum absolute atomic E-state index is 13.0. The van der Waals surface area contributed by atoms with Gasteiger partial charge >= 0.3 is 0 Å². The third-order valence-electron chi connectivity index (χ3n) is 2.90. The molecule has 0 aromatic heterocycles. The normalized spacial score (nSPS) is 19.6. The molecular formula is C11H9F2NO. The minimum Gasteiger partial charge on any atom is -0.309 e. The Morgan fingerprint density at radius 3 is 2.53 bits per heavy atom. The van der Waals surface area contributed by atoms with Crippen molar-refractivity contribution in [2.45, 2.75) is 25.3 Å². The first kappa shape index (κ1) is 8.83. The zero-order valence-electron chi connectivity index (χ0n) is 7.96. The molecule has 1 aromatic carbocycles. The highest BCUT2D eigenvalue weighted by atomic mass is 19.2. The van der Waals surface area contributed by atoms with E-state index in [9.17, 15) is 13.6 Å². The Morgan fingerprint density at radius 2 is 1.87 bits per heavy atom. The quantitative estimate of drug-likeness (QED) is 0.692. The van der Waals surface area contributed by atoms with Gasteiger partial charge in [-0.3, -0.25) is 4.79 Å². The number of benzene rings is 1. The Balaban J connectivity index is 2.11. The van der Waals surface area contributed by atoms with E-state index in [-0.39, 0.29) is 18.4 Å². The van der Waals surface area contributed by atoms with Gasteiger partial charge in [0.25, 0.3) is 0 Å². The lowest BCUT2D eigenvalue weighted by Gasteiger charge is -2.16. The SMILES string of the molecule is O=C1Cc2cc(F)c(F)cc2N1C1CC1. The molecule has 2 nitrogen and oxygen atoms in total. The molecule has 1 amide bonds. The number of rotatable bonds is 1. The molecule has 0 N–H and O–H groups in total. The topological polar surface area (TPSA) is 20.3 Å². The number of hydrogen-bond donors (Lipinski definition) is 0. The van der Waals surface area contributed by atoms with Crippen LogP contribution in [0.3, 0.4) is 0 Å². The second-order valence-corrected chi connectivity index (χ2v) is 4.07. The van der Waals surface area contributed by atoms with Gasteiger partial charge in [-0.2, -0.15) is 0 Å². The van der Waals surface area contributed by atoms with Crippen molar-refractivity contribution in [2.75, 3.05) is 4.90 Å². The van der Waals surface area contributed by atoms with Crippen LogP contribution in [-0.2, 0) is 11.2 Å². The minimum absolute atomic E-state index is 0.0440. The van der Waals surface area contributed by atoms with Gasteiger partial charge in [-0.15, -0.1) is 0 Å². The van der Waals surface area contributed by atoms with E-state index in [2.05, 4.69) is 0 Å². The highest BCUT2D eigenvalue weighted by Crippen LogP contribution is 2.39. The van der Waals surface area contributed by atoms with Crippen LogP contribution in [0.25, 0.3) is 0 Å². The lowest BCUT2D eigenvalue weighted by molar-refractivity contribution is -0.117. The van der Waals surface area contributed by atoms with Crippen molar-refractivity contribution in [3.63, 3.8) is 0 Å². The third kappa shape index (κ3) is 1.24. The van der Waals surface area contributed by atoms with Crippen LogP contribution in [0, 0.1) is 11.6 Å². The molecule has 1 heterocycles. The molecule has 4 heteroatoms. The number of fused-ring (bicyclic) bond motifs is 1. The Bertz CT molecular complexity index is 454. The summed E-state index contributed by atoms with van der Waals surface area (Å²) in [7, 11) is 0. The molecule has 0 radical (unpaired) electrons. The second kappa shape index (κ2) is 2.78. The zero-order valence-corrected chi connectivity index (χ0v) is 7.96. The van der Waals surface area contributed by atoms with Crippen LogP contribution in [0.2, 0.25) is 0 Å². The van der Waals surface area contributed by atoms with Gasteiger partial charge in [-0.25, -0.2) is 8.78 Å². The lowest BCUT2D eigenvalue weighted by Crippen LogP contribution is -2.28. The first-order valence-electron chi connectivity index (χ1n) is 4.97. The van der Waals surface area contributed by atoms with Crippen molar-refractivity contribution in [3.05, 3.63) is 29.3 Å². The standard InChI is InChI=1S/C11H9F2NO/c12-8-3-6-4-11(15)14(7-1-2-7)10(6)5-9(8)13/h3,5,7H,1-2,4H2. The monoisotopic (exact) mass is 209 g/mol. The summed E-state index contributed by atoms with van der Waals surface area (Å²) in [5, 5.41) is 0. The number of halogens is 2. The van der Waals surface area contributed by atoms with E-state index < -0.39 is 11.6 Å². The Kier molecular flexibility index (Phi) is 1.63. The van der Waals surface area contributed by atoms with E-state index in [4.69, 9.17) is 0 Å². The smallest absolute Gasteiger partial charge is 0.231 e. The molecule has 78 valence electrons. The summed E-state index contributed by atoms with van der Waals surface area (Å²) in [5.41, 5.74) is 1.16. The molecule has 3 rings (SSSR count). The summed E-state index contributed by atoms with van der Waals surface area (Å²) in [6.45, 7) is 0. The fourth-order valence-electron chi connectivity index (χ4n) is 2.06. The molecule has 0 bridgehead atoms. The van der Waals surface area contributed by atoms with Gasteiger partial charge in [0, 0.05) is 12.1 Å². The van der Waals surface area contributed by atoms with Gasteiger partial charge in [-0.1, -0.05) is 0 Å². The average Bonchev–Trinajstić information content (AvgIpc) is 2.93. The fraction of sp³-hybridized carbons (Fsp3) is 0.364. The van der Waals surface area contributed by atoms with E-state index in [0.717, 1.165) is 25.0 Å². The third-order valence-corrected chi connectivity index (χ3v) is 2.90. The molecule has 1 saturated carbocycles. The van der Waals surface area contributed by atoms with Crippen molar-refractivity contribution in [1.82, 2.24) is 0 Å². The van der Waals surface area contributed by atoms with Crippen LogP contribution in [0.5, 0.6) is 0 Å². The molecule has 0 atom stereocenters.